The van der Waals surface area contributed by atoms with Gasteiger partial charge in [-0.25, -0.2) is 0 Å². The second kappa shape index (κ2) is 37.0. The van der Waals surface area contributed by atoms with Crippen molar-refractivity contribution in [3.63, 3.8) is 0 Å². The quantitative estimate of drug-likeness (QED) is 0.0762. The summed E-state index contributed by atoms with van der Waals surface area (Å²) < 4.78 is 0. The monoisotopic (exact) mass is 1390 g/mol. The number of aliphatic hydroxyl groups is 3. The molecule has 0 aromatic rings. The Morgan fingerprint density at radius 3 is 1.39 bits per heavy atom. The van der Waals surface area contributed by atoms with Crippen LogP contribution in [-0.2, 0) is 76.7 Å². The Kier molecular flexibility index (Phi) is 30.4. The topological polar surface area (TPSA) is 528 Å². The summed E-state index contributed by atoms with van der Waals surface area (Å²) in [4.78, 5) is 229. The number of hydrogen-bond acceptors (Lipinski definition) is 21. The predicted molar refractivity (Wildman–Crippen MR) is 343 cm³/mol. The number of fused-ring (bicyclic) bond motifs is 8. The zero-order chi connectivity index (χ0) is 71.4. The highest BCUT2D eigenvalue weighted by Gasteiger charge is 2.47. The van der Waals surface area contributed by atoms with Gasteiger partial charge in [0, 0.05) is 31.1 Å². The van der Waals surface area contributed by atoms with E-state index < -0.39 is 235 Å². The van der Waals surface area contributed by atoms with Gasteiger partial charge in [-0.05, 0) is 70.6 Å². The van der Waals surface area contributed by atoms with Crippen molar-refractivity contribution < 1.29 is 92.0 Å². The molecule has 0 radical (unpaired) electrons. The molecule has 0 aromatic heterocycles. The number of rotatable bonds is 13. The van der Waals surface area contributed by atoms with E-state index in [1.54, 1.807) is 34.6 Å². The maximum atomic E-state index is 14.9. The van der Waals surface area contributed by atoms with Crippen LogP contribution in [0.5, 0.6) is 0 Å². The molecule has 17 atom stereocenters. The third-order valence-corrected chi connectivity index (χ3v) is 20.0. The van der Waals surface area contributed by atoms with Crippen molar-refractivity contribution in [3.05, 3.63) is 0 Å². The van der Waals surface area contributed by atoms with E-state index in [1.165, 1.54) is 9.80 Å². The van der Waals surface area contributed by atoms with Crippen LogP contribution in [-0.4, -0.2) is 260 Å². The van der Waals surface area contributed by atoms with Crippen molar-refractivity contribution in [2.24, 2.45) is 23.3 Å². The molecule has 16 amide bonds. The molecule has 5 heterocycles. The first-order valence-corrected chi connectivity index (χ1v) is 34.9. The van der Waals surface area contributed by atoms with E-state index in [-0.39, 0.29) is 64.6 Å². The number of primary amides is 2. The number of aliphatic hydroxyl groups excluding tert-OH is 3. The summed E-state index contributed by atoms with van der Waals surface area (Å²) >= 11 is 0. The minimum atomic E-state index is -1.95. The van der Waals surface area contributed by atoms with E-state index in [0.29, 0.717) is 19.3 Å². The number of amides is 16. The van der Waals surface area contributed by atoms with Gasteiger partial charge < -0.3 is 100.0 Å². The molecule has 0 spiro atoms. The van der Waals surface area contributed by atoms with Gasteiger partial charge in [-0.2, -0.15) is 0 Å². The average Bonchev–Trinajstić information content (AvgIpc) is 1.63. The van der Waals surface area contributed by atoms with Gasteiger partial charge in [0.25, 0.3) is 0 Å². The third kappa shape index (κ3) is 21.3. The van der Waals surface area contributed by atoms with Gasteiger partial charge in [0.2, 0.25) is 94.5 Å². The number of hydrogen-bond donors (Lipinski definition) is 16. The lowest BCUT2D eigenvalue weighted by Crippen LogP contribution is -2.63. The van der Waals surface area contributed by atoms with Crippen molar-refractivity contribution in [1.29, 1.82) is 0 Å². The second-order valence-corrected chi connectivity index (χ2v) is 27.3. The lowest BCUT2D eigenvalue weighted by Gasteiger charge is -2.35. The molecule has 5 fully saturated rings. The van der Waals surface area contributed by atoms with E-state index in [1.807, 2.05) is 0 Å². The summed E-state index contributed by atoms with van der Waals surface area (Å²) in [5, 5.41) is 59.4. The molecular formula is C59H94N16O19S2. The standard InChI is InChI=1S/C59H94N16O19S2/c1-8-14-31-48(83)66-34(24-76)49(84)71-44(28(5)10-3)59(94)75-20-13-17-39(75)58(93)74-19-12-16-38(74)53(88)70-43(27(4)9-2)54(89)67-35-25-95-96-26-36(51(86)72-46(30(7)78)56(91)63-31)68-55(90)45(29(6)77)69-42(81)23-62-47(82)32(21-40(60)79)64-52(87)37-15-11-18-73(37)57(92)33(22-41(61)80)65-50(35)85/h27-39,43-46,76-78H,8-26H2,1-7H3,(H2,60,79)(H2,61,80)(H,62,82)(H,63,91)(H,64,87)(H,65,85)(H,66,83)(H,67,89)(H,68,90)(H,69,81)(H,70,88)(H,71,84)(H,72,86)/t27-,28-,29+,30+,31?,32-,33-,34-,35-,36-,37-,38-,39-,43-,44-,45-,46-/m0/s1. The van der Waals surface area contributed by atoms with E-state index >= 15 is 0 Å². The first-order chi connectivity index (χ1) is 45.4. The normalized spacial score (nSPS) is 30.5. The highest BCUT2D eigenvalue weighted by atomic mass is 33.1. The molecule has 18 N–H and O–H groups in total. The van der Waals surface area contributed by atoms with Crippen LogP contribution in [0.1, 0.15) is 126 Å². The largest absolute Gasteiger partial charge is 0.394 e. The molecule has 35 nitrogen and oxygen atoms in total. The third-order valence-electron chi connectivity index (χ3n) is 17.5. The summed E-state index contributed by atoms with van der Waals surface area (Å²) in [6, 6.07) is -20.8. The molecule has 5 aliphatic rings. The molecular weight excluding hydrogens is 1300 g/mol. The molecule has 0 saturated carbocycles. The summed E-state index contributed by atoms with van der Waals surface area (Å²) in [7, 11) is 1.52. The maximum absolute atomic E-state index is 14.9. The summed E-state index contributed by atoms with van der Waals surface area (Å²) in [6.07, 6.45) is -3.49. The van der Waals surface area contributed by atoms with Crippen molar-refractivity contribution in [3.8, 4) is 0 Å². The van der Waals surface area contributed by atoms with Gasteiger partial charge in [0.15, 0.2) is 0 Å². The maximum Gasteiger partial charge on any atom is 0.246 e. The molecule has 37 heteroatoms. The molecule has 2 bridgehead atoms. The summed E-state index contributed by atoms with van der Waals surface area (Å²) in [5.74, 6) is -18.7. The SMILES string of the molecule is CCCC1NC(=O)[C@H]([C@@H](C)O)NC(=O)[C@@H]2CSSC[C@H](NC(=O)[C@H]([C@@H](C)CC)NC(=O)[C@@H]3CCCN3C(=O)[C@@H]3CCCN3C(=O)[C@H]([C@@H](C)CC)NC(=O)[C@H](CO)NC1=O)C(=O)N[C@@H](CC(N)=O)C(=O)N1CCC[C@H]1C(=O)N[C@@H](CC(N)=O)C(=O)NCC(=O)N[C@@H]([C@@H](C)O)C(=O)N2. The fraction of sp³-hybridized carbons (Fsp3) is 0.729. The molecule has 5 rings (SSSR count). The second-order valence-electron chi connectivity index (χ2n) is 24.8. The number of nitrogens with zero attached hydrogens (tertiary/aromatic N) is 3. The molecule has 1 unspecified atom stereocenters. The van der Waals surface area contributed by atoms with Crippen LogP contribution in [0, 0.1) is 11.8 Å². The highest BCUT2D eigenvalue weighted by molar-refractivity contribution is 8.76. The predicted octanol–water partition coefficient (Wildman–Crippen LogP) is -7.27. The molecule has 5 saturated heterocycles. The molecule has 96 heavy (non-hydrogen) atoms. The Bertz CT molecular complexity index is 2910. The van der Waals surface area contributed by atoms with Crippen LogP contribution >= 0.6 is 21.6 Å². The van der Waals surface area contributed by atoms with Gasteiger partial charge >= 0.3 is 0 Å². The molecule has 536 valence electrons. The Morgan fingerprint density at radius 2 is 0.865 bits per heavy atom. The fourth-order valence-electron chi connectivity index (χ4n) is 11.7. The van der Waals surface area contributed by atoms with Crippen molar-refractivity contribution in [2.45, 2.75) is 216 Å². The Labute approximate surface area is 562 Å². The Balaban J connectivity index is 1.66. The van der Waals surface area contributed by atoms with E-state index in [0.717, 1.165) is 40.3 Å². The molecule has 5 aliphatic heterocycles. The first kappa shape index (κ1) is 78.8. The number of carbonyl (C=O) groups is 16. The molecule has 0 aliphatic carbocycles. The smallest absolute Gasteiger partial charge is 0.246 e. The van der Waals surface area contributed by atoms with Crippen molar-refractivity contribution in [2.75, 3.05) is 44.3 Å². The van der Waals surface area contributed by atoms with Gasteiger partial charge in [-0.1, -0.05) is 75.5 Å². The minimum Gasteiger partial charge on any atom is -0.394 e. The van der Waals surface area contributed by atoms with Gasteiger partial charge in [0.05, 0.1) is 38.2 Å². The number of carbonyl (C=O) groups excluding carboxylic acids is 16. The van der Waals surface area contributed by atoms with Gasteiger partial charge in [-0.15, -0.1) is 0 Å². The van der Waals surface area contributed by atoms with E-state index in [9.17, 15) is 92.0 Å². The summed E-state index contributed by atoms with van der Waals surface area (Å²) in [6.45, 7) is 8.60. The zero-order valence-corrected chi connectivity index (χ0v) is 56.6. The first-order valence-electron chi connectivity index (χ1n) is 32.4. The lowest BCUT2D eigenvalue weighted by atomic mass is 9.96. The summed E-state index contributed by atoms with van der Waals surface area (Å²) in [5.41, 5.74) is 11.1. The lowest BCUT2D eigenvalue weighted by molar-refractivity contribution is -0.149. The van der Waals surface area contributed by atoms with Gasteiger partial charge in [-0.3, -0.25) is 76.7 Å². The van der Waals surface area contributed by atoms with Gasteiger partial charge in [0.1, 0.15) is 78.5 Å². The average molecular weight is 1400 g/mol. The number of nitrogens with one attached hydrogen (secondary N) is 11. The Hall–Kier alpha value is -7.90. The van der Waals surface area contributed by atoms with Crippen LogP contribution in [0.3, 0.4) is 0 Å². The minimum absolute atomic E-state index is 0.0398. The highest BCUT2D eigenvalue weighted by Crippen LogP contribution is 2.29. The fourth-order valence-corrected chi connectivity index (χ4v) is 14.0. The van der Waals surface area contributed by atoms with Crippen LogP contribution in [0.4, 0.5) is 0 Å². The molecule has 0 aromatic carbocycles. The van der Waals surface area contributed by atoms with Crippen molar-refractivity contribution in [1.82, 2.24) is 73.2 Å². The zero-order valence-electron chi connectivity index (χ0n) is 54.9. The van der Waals surface area contributed by atoms with Crippen molar-refractivity contribution >= 4 is 116 Å². The van der Waals surface area contributed by atoms with Crippen LogP contribution in [0.25, 0.3) is 0 Å². The Morgan fingerprint density at radius 1 is 0.458 bits per heavy atom. The van der Waals surface area contributed by atoms with E-state index in [2.05, 4.69) is 58.5 Å². The van der Waals surface area contributed by atoms with Crippen LogP contribution in [0.15, 0.2) is 0 Å². The van der Waals surface area contributed by atoms with E-state index in [4.69, 9.17) is 11.5 Å². The van der Waals surface area contributed by atoms with Crippen LogP contribution in [0.2, 0.25) is 0 Å². The number of nitrogens with two attached hydrogens (primary N) is 2. The van der Waals surface area contributed by atoms with Crippen LogP contribution < -0.4 is 70.0 Å².